The van der Waals surface area contributed by atoms with Crippen LogP contribution in [0.4, 0.5) is 4.39 Å². The van der Waals surface area contributed by atoms with Crippen molar-refractivity contribution in [3.8, 4) is 5.75 Å². The topological polar surface area (TPSA) is 38.5 Å². The number of hydrogen-bond acceptors (Lipinski definition) is 3. The number of hydrogen-bond donors (Lipinski definition) is 1. The van der Waals surface area contributed by atoms with Crippen LogP contribution in [0, 0.1) is 12.7 Å². The number of benzene rings is 1. The number of nitrogens with two attached hydrogens (primary N) is 1. The molecular formula is C17H29FN2O. The molecule has 0 unspecified atom stereocenters. The molecule has 120 valence electrons. The summed E-state index contributed by atoms with van der Waals surface area (Å²) in [7, 11) is 0. The number of aryl methyl sites for hydroxylation is 1. The quantitative estimate of drug-likeness (QED) is 0.834. The summed E-state index contributed by atoms with van der Waals surface area (Å²) in [6.45, 7) is 13.7. The van der Waals surface area contributed by atoms with Crippen molar-refractivity contribution in [2.24, 2.45) is 5.73 Å². The van der Waals surface area contributed by atoms with Crippen LogP contribution in [0.2, 0.25) is 0 Å². The van der Waals surface area contributed by atoms with Gasteiger partial charge in [-0.25, -0.2) is 4.39 Å². The van der Waals surface area contributed by atoms with Gasteiger partial charge >= 0.3 is 0 Å². The van der Waals surface area contributed by atoms with Gasteiger partial charge in [-0.15, -0.1) is 0 Å². The second kappa shape index (κ2) is 7.76. The summed E-state index contributed by atoms with van der Waals surface area (Å²) in [6, 6.07) is 3.91. The van der Waals surface area contributed by atoms with Crippen LogP contribution in [-0.4, -0.2) is 30.1 Å². The van der Waals surface area contributed by atoms with Crippen LogP contribution in [-0.2, 0) is 0 Å². The molecule has 3 nitrogen and oxygen atoms in total. The van der Waals surface area contributed by atoms with Gasteiger partial charge in [-0.3, -0.25) is 4.90 Å². The highest BCUT2D eigenvalue weighted by Gasteiger charge is 2.15. The van der Waals surface area contributed by atoms with Gasteiger partial charge in [0.2, 0.25) is 0 Å². The van der Waals surface area contributed by atoms with Crippen LogP contribution in [0.25, 0.3) is 0 Å². The normalized spacial score (nSPS) is 13.3. The minimum absolute atomic E-state index is 0.236. The molecule has 0 aliphatic carbocycles. The van der Waals surface area contributed by atoms with Crippen LogP contribution < -0.4 is 10.5 Å². The second-order valence-electron chi connectivity index (χ2n) is 6.20. The highest BCUT2D eigenvalue weighted by molar-refractivity contribution is 5.39. The van der Waals surface area contributed by atoms with Crippen molar-refractivity contribution >= 4 is 0 Å². The monoisotopic (exact) mass is 296 g/mol. The predicted octanol–water partition coefficient (Wildman–Crippen LogP) is 3.65. The fourth-order valence-electron chi connectivity index (χ4n) is 2.52. The minimum Gasteiger partial charge on any atom is -0.492 e. The van der Waals surface area contributed by atoms with Gasteiger partial charge in [0.15, 0.2) is 0 Å². The molecule has 0 saturated heterocycles. The van der Waals surface area contributed by atoms with Crippen molar-refractivity contribution in [3.05, 3.63) is 29.1 Å². The highest BCUT2D eigenvalue weighted by atomic mass is 19.1. The Bertz CT molecular complexity index is 450. The van der Waals surface area contributed by atoms with E-state index < -0.39 is 0 Å². The zero-order valence-electron chi connectivity index (χ0n) is 14.1. The van der Waals surface area contributed by atoms with Crippen LogP contribution in [0.1, 0.15) is 51.8 Å². The van der Waals surface area contributed by atoms with Crippen molar-refractivity contribution in [1.29, 1.82) is 0 Å². The Morgan fingerprint density at radius 2 is 1.71 bits per heavy atom. The average Bonchev–Trinajstić information content (AvgIpc) is 2.36. The standard InChI is InChI=1S/C17H29FN2O/c1-11(2)20(12(3)4)7-8-21-17-9-13(5)16(18)10-15(17)14(6)19/h9-12,14H,7-8,19H2,1-6H3/t14-/m1/s1. The van der Waals surface area contributed by atoms with Gasteiger partial charge in [0, 0.05) is 30.2 Å². The lowest BCUT2D eigenvalue weighted by Gasteiger charge is -2.30. The Morgan fingerprint density at radius 1 is 1.14 bits per heavy atom. The van der Waals surface area contributed by atoms with Crippen LogP contribution >= 0.6 is 0 Å². The van der Waals surface area contributed by atoms with Gasteiger partial charge in [0.25, 0.3) is 0 Å². The lowest BCUT2D eigenvalue weighted by atomic mass is 10.1. The molecule has 1 aromatic rings. The highest BCUT2D eigenvalue weighted by Crippen LogP contribution is 2.27. The molecule has 0 amide bonds. The van der Waals surface area contributed by atoms with E-state index in [0.29, 0.717) is 30.0 Å². The molecule has 0 heterocycles. The van der Waals surface area contributed by atoms with E-state index in [0.717, 1.165) is 12.1 Å². The molecule has 0 spiro atoms. The maximum absolute atomic E-state index is 13.7. The van der Waals surface area contributed by atoms with E-state index in [-0.39, 0.29) is 11.9 Å². The third kappa shape index (κ3) is 4.97. The van der Waals surface area contributed by atoms with Crippen LogP contribution in [0.3, 0.4) is 0 Å². The molecule has 0 aliphatic rings. The molecule has 0 aliphatic heterocycles. The Balaban J connectivity index is 2.77. The molecule has 2 N–H and O–H groups in total. The van der Waals surface area contributed by atoms with Gasteiger partial charge in [-0.05, 0) is 59.2 Å². The second-order valence-corrected chi connectivity index (χ2v) is 6.20. The largest absolute Gasteiger partial charge is 0.492 e. The SMILES string of the molecule is Cc1cc(OCCN(C(C)C)C(C)C)c([C@@H](C)N)cc1F. The first-order valence-electron chi connectivity index (χ1n) is 7.68. The van der Waals surface area contributed by atoms with E-state index >= 15 is 0 Å². The van der Waals surface area contributed by atoms with Gasteiger partial charge in [-0.2, -0.15) is 0 Å². The smallest absolute Gasteiger partial charge is 0.126 e. The Labute approximate surface area is 128 Å². The van der Waals surface area contributed by atoms with Crippen molar-refractivity contribution < 1.29 is 9.13 Å². The Morgan fingerprint density at radius 3 is 2.19 bits per heavy atom. The fourth-order valence-corrected chi connectivity index (χ4v) is 2.52. The number of rotatable bonds is 7. The molecule has 0 aromatic heterocycles. The third-order valence-corrected chi connectivity index (χ3v) is 3.72. The lowest BCUT2D eigenvalue weighted by Crippen LogP contribution is -2.39. The minimum atomic E-state index is -0.249. The van der Waals surface area contributed by atoms with E-state index in [1.165, 1.54) is 6.07 Å². The summed E-state index contributed by atoms with van der Waals surface area (Å²) in [4.78, 5) is 2.36. The van der Waals surface area contributed by atoms with Crippen molar-refractivity contribution in [3.63, 3.8) is 0 Å². The lowest BCUT2D eigenvalue weighted by molar-refractivity contribution is 0.141. The van der Waals surface area contributed by atoms with Gasteiger partial charge in [0.1, 0.15) is 18.2 Å². The van der Waals surface area contributed by atoms with E-state index in [2.05, 4.69) is 32.6 Å². The van der Waals surface area contributed by atoms with Gasteiger partial charge in [-0.1, -0.05) is 0 Å². The van der Waals surface area contributed by atoms with Gasteiger partial charge < -0.3 is 10.5 Å². The summed E-state index contributed by atoms with van der Waals surface area (Å²) in [5, 5.41) is 0. The summed E-state index contributed by atoms with van der Waals surface area (Å²) >= 11 is 0. The molecule has 0 radical (unpaired) electrons. The van der Waals surface area contributed by atoms with Crippen LogP contribution in [0.5, 0.6) is 5.75 Å². The van der Waals surface area contributed by atoms with E-state index in [9.17, 15) is 4.39 Å². The first-order valence-corrected chi connectivity index (χ1v) is 7.68. The van der Waals surface area contributed by atoms with E-state index in [1.54, 1.807) is 13.0 Å². The summed E-state index contributed by atoms with van der Waals surface area (Å²) in [5.41, 5.74) is 7.21. The summed E-state index contributed by atoms with van der Waals surface area (Å²) in [6.07, 6.45) is 0. The number of halogens is 1. The molecule has 21 heavy (non-hydrogen) atoms. The molecule has 0 bridgehead atoms. The number of nitrogens with zero attached hydrogens (tertiary/aromatic N) is 1. The average molecular weight is 296 g/mol. The van der Waals surface area contributed by atoms with E-state index in [4.69, 9.17) is 10.5 Å². The maximum Gasteiger partial charge on any atom is 0.126 e. The number of ether oxygens (including phenoxy) is 1. The molecule has 4 heteroatoms. The maximum atomic E-state index is 13.7. The molecule has 1 rings (SSSR count). The molecule has 0 saturated carbocycles. The van der Waals surface area contributed by atoms with Crippen LogP contribution in [0.15, 0.2) is 12.1 Å². The summed E-state index contributed by atoms with van der Waals surface area (Å²) < 4.78 is 19.5. The fraction of sp³-hybridized carbons (Fsp3) is 0.647. The first-order chi connectivity index (χ1) is 9.73. The zero-order valence-corrected chi connectivity index (χ0v) is 14.1. The van der Waals surface area contributed by atoms with Gasteiger partial charge in [0.05, 0.1) is 0 Å². The predicted molar refractivity (Wildman–Crippen MR) is 86.2 cm³/mol. The Kier molecular flexibility index (Phi) is 6.62. The van der Waals surface area contributed by atoms with Crippen molar-refractivity contribution in [1.82, 2.24) is 4.90 Å². The Hall–Kier alpha value is -1.13. The molecule has 1 atom stereocenters. The molecule has 1 aromatic carbocycles. The molecule has 0 fully saturated rings. The van der Waals surface area contributed by atoms with E-state index in [1.807, 2.05) is 6.92 Å². The summed E-state index contributed by atoms with van der Waals surface area (Å²) in [5.74, 6) is 0.456. The molecular weight excluding hydrogens is 267 g/mol. The van der Waals surface area contributed by atoms with Crippen molar-refractivity contribution in [2.45, 2.75) is 59.7 Å². The zero-order chi connectivity index (χ0) is 16.2. The first kappa shape index (κ1) is 17.9. The van der Waals surface area contributed by atoms with Crippen molar-refractivity contribution in [2.75, 3.05) is 13.2 Å². The third-order valence-electron chi connectivity index (χ3n) is 3.72.